The van der Waals surface area contributed by atoms with Crippen LogP contribution in [0.3, 0.4) is 0 Å². The van der Waals surface area contributed by atoms with Crippen LogP contribution in [0, 0.1) is 0 Å². The molecule has 12 heavy (non-hydrogen) atoms. The molecule has 1 aliphatic rings. The van der Waals surface area contributed by atoms with E-state index in [1.54, 1.807) is 6.92 Å². The van der Waals surface area contributed by atoms with Crippen LogP contribution >= 0.6 is 0 Å². The lowest BCUT2D eigenvalue weighted by Crippen LogP contribution is -2.58. The first-order valence-corrected chi connectivity index (χ1v) is 3.97. The third-order valence-electron chi connectivity index (χ3n) is 2.18. The number of hydrogen-bond donors (Lipinski definition) is 4. The van der Waals surface area contributed by atoms with Crippen molar-refractivity contribution < 1.29 is 20.1 Å². The van der Waals surface area contributed by atoms with Crippen molar-refractivity contribution in [3.05, 3.63) is 0 Å². The highest BCUT2D eigenvalue weighted by molar-refractivity contribution is 4.90. The molecule has 5 nitrogen and oxygen atoms in total. The van der Waals surface area contributed by atoms with Gasteiger partial charge in [-0.05, 0) is 6.92 Å². The fourth-order valence-electron chi connectivity index (χ4n) is 1.33. The predicted octanol–water partition coefficient (Wildman–Crippen LogP) is -2.18. The van der Waals surface area contributed by atoms with Crippen molar-refractivity contribution in [1.29, 1.82) is 0 Å². The second-order valence-electron chi connectivity index (χ2n) is 3.09. The first-order valence-electron chi connectivity index (χ1n) is 3.97. The number of hydrogen-bond acceptors (Lipinski definition) is 5. The van der Waals surface area contributed by atoms with Gasteiger partial charge in [0.1, 0.15) is 18.3 Å². The first-order chi connectivity index (χ1) is 5.57. The van der Waals surface area contributed by atoms with E-state index >= 15 is 0 Å². The van der Waals surface area contributed by atoms with Crippen molar-refractivity contribution >= 4 is 0 Å². The monoisotopic (exact) mass is 177 g/mol. The summed E-state index contributed by atoms with van der Waals surface area (Å²) in [5.41, 5.74) is 5.29. The largest absolute Gasteiger partial charge is 0.388 e. The Morgan fingerprint density at radius 2 is 1.75 bits per heavy atom. The molecule has 5 heteroatoms. The molecule has 1 aliphatic heterocycles. The minimum atomic E-state index is -1.16. The lowest BCUT2D eigenvalue weighted by molar-refractivity contribution is -0.213. The molecule has 1 fully saturated rings. The maximum Gasteiger partial charge on any atom is 0.111 e. The van der Waals surface area contributed by atoms with Gasteiger partial charge in [0.25, 0.3) is 0 Å². The average Bonchev–Trinajstić information content (AvgIpc) is 2.08. The minimum absolute atomic E-state index is 0.134. The number of nitrogens with two attached hydrogens (primary N) is 1. The van der Waals surface area contributed by atoms with Crippen LogP contribution in [0.15, 0.2) is 0 Å². The van der Waals surface area contributed by atoms with Gasteiger partial charge < -0.3 is 25.8 Å². The van der Waals surface area contributed by atoms with Crippen molar-refractivity contribution in [3.8, 4) is 0 Å². The summed E-state index contributed by atoms with van der Waals surface area (Å²) in [6.45, 7) is 1.76. The molecule has 0 aliphatic carbocycles. The Balaban J connectivity index is 2.63. The molecular formula is C7H15NO4. The molecule has 0 aromatic rings. The summed E-state index contributed by atoms with van der Waals surface area (Å²) in [7, 11) is 0. The summed E-state index contributed by atoms with van der Waals surface area (Å²) in [6.07, 6.45) is -4.37. The zero-order chi connectivity index (χ0) is 9.30. The van der Waals surface area contributed by atoms with Crippen molar-refractivity contribution in [1.82, 2.24) is 0 Å². The van der Waals surface area contributed by atoms with Gasteiger partial charge in [-0.1, -0.05) is 0 Å². The highest BCUT2D eigenvalue weighted by Crippen LogP contribution is 2.19. The van der Waals surface area contributed by atoms with Crippen LogP contribution in [-0.2, 0) is 4.74 Å². The molecule has 0 saturated carbocycles. The molecular weight excluding hydrogens is 162 g/mol. The van der Waals surface area contributed by atoms with Gasteiger partial charge in [-0.2, -0.15) is 0 Å². The standard InChI is InChI=1S/C7H15NO4/c1-3-5(9)7(11)6(10)4(2-8)12-3/h3-7,9-11H,2,8H2,1H3/t3-,4?,5?,6+,7+/m0/s1. The summed E-state index contributed by atoms with van der Waals surface area (Å²) >= 11 is 0. The second kappa shape index (κ2) is 3.68. The van der Waals surface area contributed by atoms with Crippen LogP contribution in [0.5, 0.6) is 0 Å². The van der Waals surface area contributed by atoms with E-state index in [2.05, 4.69) is 0 Å². The van der Waals surface area contributed by atoms with E-state index in [1.165, 1.54) is 0 Å². The van der Waals surface area contributed by atoms with E-state index in [0.717, 1.165) is 0 Å². The normalized spacial score (nSPS) is 49.2. The van der Waals surface area contributed by atoms with Crippen LogP contribution in [0.1, 0.15) is 6.92 Å². The van der Waals surface area contributed by atoms with Crippen LogP contribution < -0.4 is 5.73 Å². The zero-order valence-electron chi connectivity index (χ0n) is 6.92. The molecule has 0 spiro atoms. The summed E-state index contributed by atoms with van der Waals surface area (Å²) in [4.78, 5) is 0. The molecule has 1 saturated heterocycles. The lowest BCUT2D eigenvalue weighted by atomic mass is 9.96. The van der Waals surface area contributed by atoms with Gasteiger partial charge in [0.05, 0.1) is 12.2 Å². The Bertz CT molecular complexity index is 150. The molecule has 0 radical (unpaired) electrons. The quantitative estimate of drug-likeness (QED) is 0.365. The number of rotatable bonds is 1. The van der Waals surface area contributed by atoms with Gasteiger partial charge in [0.2, 0.25) is 0 Å². The number of ether oxygens (including phenoxy) is 1. The van der Waals surface area contributed by atoms with E-state index in [1.807, 2.05) is 0 Å². The van der Waals surface area contributed by atoms with E-state index in [4.69, 9.17) is 10.5 Å². The van der Waals surface area contributed by atoms with Crippen LogP contribution in [0.4, 0.5) is 0 Å². The second-order valence-corrected chi connectivity index (χ2v) is 3.09. The Morgan fingerprint density at radius 1 is 1.17 bits per heavy atom. The van der Waals surface area contributed by atoms with E-state index in [-0.39, 0.29) is 6.54 Å². The summed E-state index contributed by atoms with van der Waals surface area (Å²) in [5.74, 6) is 0. The van der Waals surface area contributed by atoms with E-state index in [9.17, 15) is 15.3 Å². The SMILES string of the molecule is C[C@@H]1OC(CN)[C@@H](O)[C@H](O)C1O. The Labute approximate surface area is 70.8 Å². The van der Waals surface area contributed by atoms with E-state index in [0.29, 0.717) is 0 Å². The maximum atomic E-state index is 9.31. The molecule has 5 N–H and O–H groups in total. The van der Waals surface area contributed by atoms with Crippen LogP contribution in [0.2, 0.25) is 0 Å². The van der Waals surface area contributed by atoms with Gasteiger partial charge in [0.15, 0.2) is 0 Å². The van der Waals surface area contributed by atoms with Crippen LogP contribution in [0.25, 0.3) is 0 Å². The highest BCUT2D eigenvalue weighted by atomic mass is 16.5. The molecule has 72 valence electrons. The molecule has 0 amide bonds. The molecule has 2 unspecified atom stereocenters. The van der Waals surface area contributed by atoms with Gasteiger partial charge in [-0.25, -0.2) is 0 Å². The van der Waals surface area contributed by atoms with Crippen molar-refractivity contribution in [3.63, 3.8) is 0 Å². The average molecular weight is 177 g/mol. The molecule has 1 heterocycles. The zero-order valence-corrected chi connectivity index (χ0v) is 6.92. The molecule has 5 atom stereocenters. The molecule has 0 aromatic heterocycles. The predicted molar refractivity (Wildman–Crippen MR) is 41.4 cm³/mol. The first kappa shape index (κ1) is 9.88. The summed E-state index contributed by atoms with van der Waals surface area (Å²) in [6, 6.07) is 0. The van der Waals surface area contributed by atoms with Gasteiger partial charge >= 0.3 is 0 Å². The minimum Gasteiger partial charge on any atom is -0.388 e. The molecule has 0 aromatic carbocycles. The fraction of sp³-hybridized carbons (Fsp3) is 1.00. The van der Waals surface area contributed by atoms with Gasteiger partial charge in [0, 0.05) is 6.54 Å². The number of aliphatic hydroxyl groups excluding tert-OH is 3. The third kappa shape index (κ3) is 1.60. The maximum absolute atomic E-state index is 9.31. The number of aliphatic hydroxyl groups is 3. The smallest absolute Gasteiger partial charge is 0.111 e. The molecule has 0 bridgehead atoms. The van der Waals surface area contributed by atoms with Crippen molar-refractivity contribution in [2.24, 2.45) is 5.73 Å². The fourth-order valence-corrected chi connectivity index (χ4v) is 1.33. The van der Waals surface area contributed by atoms with Gasteiger partial charge in [-0.15, -0.1) is 0 Å². The van der Waals surface area contributed by atoms with E-state index < -0.39 is 30.5 Å². The van der Waals surface area contributed by atoms with Gasteiger partial charge in [-0.3, -0.25) is 0 Å². The lowest BCUT2D eigenvalue weighted by Gasteiger charge is -2.38. The van der Waals surface area contributed by atoms with Crippen molar-refractivity contribution in [2.75, 3.05) is 6.54 Å². The highest BCUT2D eigenvalue weighted by Gasteiger charge is 2.40. The third-order valence-corrected chi connectivity index (χ3v) is 2.18. The summed E-state index contributed by atoms with van der Waals surface area (Å²) in [5, 5.41) is 27.8. The Hall–Kier alpha value is -0.200. The van der Waals surface area contributed by atoms with Crippen molar-refractivity contribution in [2.45, 2.75) is 37.4 Å². The Morgan fingerprint density at radius 3 is 2.25 bits per heavy atom. The molecule has 1 rings (SSSR count). The van der Waals surface area contributed by atoms with Crippen LogP contribution in [-0.4, -0.2) is 52.4 Å². The topological polar surface area (TPSA) is 95.9 Å². The summed E-state index contributed by atoms with van der Waals surface area (Å²) < 4.78 is 5.15. The Kier molecular flexibility index (Phi) is 3.03.